The Bertz CT molecular complexity index is 564. The molecule has 5 nitrogen and oxygen atoms in total. The molecule has 19 heavy (non-hydrogen) atoms. The van der Waals surface area contributed by atoms with E-state index in [-0.39, 0.29) is 22.9 Å². The van der Waals surface area contributed by atoms with Gasteiger partial charge in [-0.25, -0.2) is 4.79 Å². The van der Waals surface area contributed by atoms with Gasteiger partial charge < -0.3 is 4.74 Å². The number of H-pyrrole nitrogens is 1. The Labute approximate surface area is 116 Å². The minimum absolute atomic E-state index is 0.0651. The van der Waals surface area contributed by atoms with Gasteiger partial charge in [-0.2, -0.15) is 0 Å². The molecule has 0 saturated carbocycles. The van der Waals surface area contributed by atoms with Crippen LogP contribution in [0.15, 0.2) is 9.59 Å². The fourth-order valence-electron chi connectivity index (χ4n) is 2.57. The molecule has 1 aromatic rings. The zero-order valence-electron chi connectivity index (χ0n) is 11.2. The molecule has 2 atom stereocenters. The predicted octanol–water partition coefficient (Wildman–Crippen LogP) is 1.88. The monoisotopic (exact) mass is 286 g/mol. The molecule has 1 fully saturated rings. The van der Waals surface area contributed by atoms with Crippen LogP contribution in [0.25, 0.3) is 0 Å². The van der Waals surface area contributed by atoms with Crippen LogP contribution in [-0.4, -0.2) is 22.3 Å². The lowest BCUT2D eigenvalue weighted by Gasteiger charge is -2.28. The number of hydrogen-bond acceptors (Lipinski definition) is 3. The molecule has 0 bridgehead atoms. The van der Waals surface area contributed by atoms with Crippen molar-refractivity contribution in [3.8, 4) is 0 Å². The number of halogens is 1. The first-order valence-electron chi connectivity index (χ1n) is 6.69. The molecule has 6 heteroatoms. The van der Waals surface area contributed by atoms with E-state index in [2.05, 4.69) is 4.98 Å². The van der Waals surface area contributed by atoms with Crippen molar-refractivity contribution in [3.63, 3.8) is 0 Å². The summed E-state index contributed by atoms with van der Waals surface area (Å²) in [4.78, 5) is 27.0. The summed E-state index contributed by atoms with van der Waals surface area (Å²) >= 11 is 5.96. The lowest BCUT2D eigenvalue weighted by Crippen LogP contribution is -2.42. The number of aromatic nitrogens is 2. The maximum absolute atomic E-state index is 12.4. The van der Waals surface area contributed by atoms with E-state index in [1.54, 1.807) is 0 Å². The summed E-state index contributed by atoms with van der Waals surface area (Å²) in [5, 5.41) is 0.174. The standard InChI is InChI=1S/C13H19ClN2O3/c1-3-4-10-11(14)15-13(18)16(12(10)17)9-5-6-19-8(2)7-9/h8-9H,3-7H2,1-2H3,(H,15,18). The second-order valence-corrected chi connectivity index (χ2v) is 5.39. The van der Waals surface area contributed by atoms with Crippen LogP contribution in [0.2, 0.25) is 5.15 Å². The zero-order valence-corrected chi connectivity index (χ0v) is 12.0. The van der Waals surface area contributed by atoms with Crippen molar-refractivity contribution in [1.82, 2.24) is 9.55 Å². The molecule has 1 aliphatic heterocycles. The Hall–Kier alpha value is -1.07. The summed E-state index contributed by atoms with van der Waals surface area (Å²) in [6, 6.07) is -0.104. The molecule has 2 heterocycles. The van der Waals surface area contributed by atoms with E-state index in [0.29, 0.717) is 31.4 Å². The number of aromatic amines is 1. The van der Waals surface area contributed by atoms with Gasteiger partial charge >= 0.3 is 5.69 Å². The molecule has 1 aliphatic rings. The molecule has 1 aromatic heterocycles. The van der Waals surface area contributed by atoms with Crippen LogP contribution < -0.4 is 11.2 Å². The first kappa shape index (κ1) is 14.3. The second-order valence-electron chi connectivity index (χ2n) is 5.01. The fourth-order valence-corrected chi connectivity index (χ4v) is 2.82. The molecule has 0 amide bonds. The van der Waals surface area contributed by atoms with E-state index in [1.807, 2.05) is 13.8 Å². The van der Waals surface area contributed by atoms with Crippen molar-refractivity contribution < 1.29 is 4.74 Å². The summed E-state index contributed by atoms with van der Waals surface area (Å²) in [5.41, 5.74) is -0.174. The second kappa shape index (κ2) is 5.92. The zero-order chi connectivity index (χ0) is 14.0. The molecule has 2 rings (SSSR count). The van der Waals surface area contributed by atoms with Crippen LogP contribution >= 0.6 is 11.6 Å². The summed E-state index contributed by atoms with van der Waals surface area (Å²) in [6.45, 7) is 4.50. The highest BCUT2D eigenvalue weighted by molar-refractivity contribution is 6.30. The quantitative estimate of drug-likeness (QED) is 0.863. The summed E-state index contributed by atoms with van der Waals surface area (Å²) in [6.07, 6.45) is 2.81. The minimum Gasteiger partial charge on any atom is -0.378 e. The van der Waals surface area contributed by atoms with E-state index >= 15 is 0 Å². The summed E-state index contributed by atoms with van der Waals surface area (Å²) < 4.78 is 6.77. The van der Waals surface area contributed by atoms with E-state index in [4.69, 9.17) is 16.3 Å². The molecule has 1 N–H and O–H groups in total. The highest BCUT2D eigenvalue weighted by atomic mass is 35.5. The third-order valence-electron chi connectivity index (χ3n) is 3.50. The Kier molecular flexibility index (Phi) is 4.47. The highest BCUT2D eigenvalue weighted by Crippen LogP contribution is 2.22. The molecule has 2 unspecified atom stereocenters. The van der Waals surface area contributed by atoms with Crippen LogP contribution in [0, 0.1) is 0 Å². The summed E-state index contributed by atoms with van der Waals surface area (Å²) in [5.74, 6) is 0. The largest absolute Gasteiger partial charge is 0.378 e. The van der Waals surface area contributed by atoms with E-state index in [1.165, 1.54) is 4.57 Å². The Balaban J connectivity index is 2.47. The van der Waals surface area contributed by atoms with Gasteiger partial charge in [0, 0.05) is 12.6 Å². The minimum atomic E-state index is -0.422. The molecule has 0 spiro atoms. The first-order chi connectivity index (χ1) is 9.04. The van der Waals surface area contributed by atoms with Crippen molar-refractivity contribution >= 4 is 11.6 Å². The molecule has 0 aromatic carbocycles. The number of rotatable bonds is 3. The van der Waals surface area contributed by atoms with E-state index in [9.17, 15) is 9.59 Å². The Morgan fingerprint density at radius 2 is 2.21 bits per heavy atom. The average molecular weight is 287 g/mol. The fraction of sp³-hybridized carbons (Fsp3) is 0.692. The topological polar surface area (TPSA) is 64.1 Å². The highest BCUT2D eigenvalue weighted by Gasteiger charge is 2.25. The van der Waals surface area contributed by atoms with Crippen molar-refractivity contribution in [2.24, 2.45) is 0 Å². The molecule has 0 radical (unpaired) electrons. The van der Waals surface area contributed by atoms with Gasteiger partial charge in [-0.15, -0.1) is 0 Å². The molecular weight excluding hydrogens is 268 g/mol. The third-order valence-corrected chi connectivity index (χ3v) is 3.82. The van der Waals surface area contributed by atoms with Crippen molar-refractivity contribution in [2.75, 3.05) is 6.61 Å². The van der Waals surface area contributed by atoms with Crippen LogP contribution in [0.3, 0.4) is 0 Å². The van der Waals surface area contributed by atoms with Gasteiger partial charge in [0.25, 0.3) is 5.56 Å². The van der Waals surface area contributed by atoms with Crippen molar-refractivity contribution in [1.29, 1.82) is 0 Å². The number of nitrogens with one attached hydrogen (secondary N) is 1. The SMILES string of the molecule is CCCc1c(Cl)[nH]c(=O)n(C2CCOC(C)C2)c1=O. The van der Waals surface area contributed by atoms with Gasteiger partial charge in [-0.3, -0.25) is 14.3 Å². The van der Waals surface area contributed by atoms with Crippen LogP contribution in [0.4, 0.5) is 0 Å². The first-order valence-corrected chi connectivity index (χ1v) is 7.07. The number of nitrogens with zero attached hydrogens (tertiary/aromatic N) is 1. The normalized spacial score (nSPS) is 23.5. The van der Waals surface area contributed by atoms with E-state index in [0.717, 1.165) is 6.42 Å². The van der Waals surface area contributed by atoms with Gasteiger partial charge in [0.15, 0.2) is 0 Å². The molecule has 106 valence electrons. The lowest BCUT2D eigenvalue weighted by molar-refractivity contribution is 0.00435. The molecular formula is C13H19ClN2O3. The third kappa shape index (κ3) is 2.92. The average Bonchev–Trinajstić information content (AvgIpc) is 2.34. The smallest absolute Gasteiger partial charge is 0.329 e. The van der Waals surface area contributed by atoms with Gasteiger partial charge in [-0.1, -0.05) is 24.9 Å². The van der Waals surface area contributed by atoms with Gasteiger partial charge in [0.05, 0.1) is 11.7 Å². The van der Waals surface area contributed by atoms with E-state index < -0.39 is 5.69 Å². The molecule has 1 saturated heterocycles. The van der Waals surface area contributed by atoms with Crippen molar-refractivity contribution in [3.05, 3.63) is 31.6 Å². The maximum atomic E-state index is 12.4. The molecule has 0 aliphatic carbocycles. The van der Waals surface area contributed by atoms with Crippen molar-refractivity contribution in [2.45, 2.75) is 51.7 Å². The van der Waals surface area contributed by atoms with Crippen LogP contribution in [0.1, 0.15) is 44.7 Å². The van der Waals surface area contributed by atoms with Gasteiger partial charge in [0.2, 0.25) is 0 Å². The Morgan fingerprint density at radius 1 is 1.47 bits per heavy atom. The summed E-state index contributed by atoms with van der Waals surface area (Å²) in [7, 11) is 0. The maximum Gasteiger partial charge on any atom is 0.329 e. The Morgan fingerprint density at radius 3 is 2.84 bits per heavy atom. The van der Waals surface area contributed by atoms with Gasteiger partial charge in [0.1, 0.15) is 5.15 Å². The lowest BCUT2D eigenvalue weighted by atomic mass is 10.0. The van der Waals surface area contributed by atoms with Crippen LogP contribution in [0.5, 0.6) is 0 Å². The number of hydrogen-bond donors (Lipinski definition) is 1. The predicted molar refractivity (Wildman–Crippen MR) is 74.0 cm³/mol. The van der Waals surface area contributed by atoms with Crippen LogP contribution in [-0.2, 0) is 11.2 Å². The van der Waals surface area contributed by atoms with Gasteiger partial charge in [-0.05, 0) is 26.2 Å². The number of ether oxygens (including phenoxy) is 1.